The minimum atomic E-state index is -0.215. The lowest BCUT2D eigenvalue weighted by molar-refractivity contribution is 0.195. The molecule has 0 amide bonds. The first-order valence-corrected chi connectivity index (χ1v) is 7.38. The van der Waals surface area contributed by atoms with Crippen LogP contribution in [0.5, 0.6) is 0 Å². The summed E-state index contributed by atoms with van der Waals surface area (Å²) in [7, 11) is 0. The van der Waals surface area contributed by atoms with Crippen molar-refractivity contribution in [2.75, 3.05) is 0 Å². The van der Waals surface area contributed by atoms with Crippen molar-refractivity contribution in [2.24, 2.45) is 11.8 Å². The van der Waals surface area contributed by atoms with Crippen molar-refractivity contribution >= 4 is 0 Å². The molecule has 0 saturated heterocycles. The van der Waals surface area contributed by atoms with Gasteiger partial charge >= 0.3 is 0 Å². The van der Waals surface area contributed by atoms with Gasteiger partial charge in [0, 0.05) is 0 Å². The Morgan fingerprint density at radius 1 is 1.06 bits per heavy atom. The van der Waals surface area contributed by atoms with Crippen LogP contribution in [0, 0.1) is 11.8 Å². The lowest BCUT2D eigenvalue weighted by Crippen LogP contribution is -2.10. The molecule has 3 unspecified atom stereocenters. The van der Waals surface area contributed by atoms with Crippen molar-refractivity contribution in [1.82, 2.24) is 0 Å². The van der Waals surface area contributed by atoms with Gasteiger partial charge in [0.05, 0.1) is 6.10 Å². The molecule has 0 aliphatic heterocycles. The lowest BCUT2D eigenvalue weighted by atomic mass is 9.91. The van der Waals surface area contributed by atoms with Crippen molar-refractivity contribution in [3.63, 3.8) is 0 Å². The summed E-state index contributed by atoms with van der Waals surface area (Å²) in [6.07, 6.45) is 5.56. The van der Waals surface area contributed by atoms with Gasteiger partial charge in [0.25, 0.3) is 0 Å². The highest BCUT2D eigenvalue weighted by atomic mass is 16.3. The van der Waals surface area contributed by atoms with Gasteiger partial charge in [-0.1, -0.05) is 19.9 Å². The molecule has 0 aromatic heterocycles. The topological polar surface area (TPSA) is 20.2 Å². The summed E-state index contributed by atoms with van der Waals surface area (Å²) >= 11 is 0. The Morgan fingerprint density at radius 2 is 1.56 bits per heavy atom. The second-order valence-corrected chi connectivity index (χ2v) is 6.71. The van der Waals surface area contributed by atoms with Gasteiger partial charge in [-0.25, -0.2) is 0 Å². The lowest BCUT2D eigenvalue weighted by Gasteiger charge is -2.16. The summed E-state index contributed by atoms with van der Waals surface area (Å²) < 4.78 is 0. The fraction of sp³-hybridized carbons (Fsp3) is 0.647. The molecular weight excluding hydrogens is 220 g/mol. The number of benzene rings is 1. The molecule has 0 spiro atoms. The second kappa shape index (κ2) is 4.38. The SMILES string of the molecule is CC(O)Cc1c2c(cc3c1CC(C)C3)CC(C)C2. The second-order valence-electron chi connectivity index (χ2n) is 6.71. The van der Waals surface area contributed by atoms with Crippen LogP contribution in [0.3, 0.4) is 0 Å². The summed E-state index contributed by atoms with van der Waals surface area (Å²) in [5.41, 5.74) is 7.82. The number of hydrogen-bond acceptors (Lipinski definition) is 1. The van der Waals surface area contributed by atoms with Gasteiger partial charge in [0.2, 0.25) is 0 Å². The Balaban J connectivity index is 2.09. The molecule has 0 radical (unpaired) electrons. The molecule has 98 valence electrons. The van der Waals surface area contributed by atoms with Crippen LogP contribution in [0.15, 0.2) is 6.07 Å². The van der Waals surface area contributed by atoms with Crippen molar-refractivity contribution in [2.45, 2.75) is 59.0 Å². The molecule has 1 aromatic carbocycles. The quantitative estimate of drug-likeness (QED) is 0.847. The monoisotopic (exact) mass is 244 g/mol. The minimum absolute atomic E-state index is 0.215. The molecular formula is C17H24O. The smallest absolute Gasteiger partial charge is 0.0552 e. The van der Waals surface area contributed by atoms with E-state index >= 15 is 0 Å². The van der Waals surface area contributed by atoms with Crippen LogP contribution < -0.4 is 0 Å². The van der Waals surface area contributed by atoms with Crippen LogP contribution in [0.2, 0.25) is 0 Å². The molecule has 1 N–H and O–H groups in total. The molecule has 0 heterocycles. The van der Waals surface area contributed by atoms with Crippen molar-refractivity contribution < 1.29 is 5.11 Å². The summed E-state index contributed by atoms with van der Waals surface area (Å²) in [4.78, 5) is 0. The van der Waals surface area contributed by atoms with Crippen molar-refractivity contribution in [3.05, 3.63) is 33.9 Å². The highest BCUT2D eigenvalue weighted by Gasteiger charge is 2.29. The first-order valence-electron chi connectivity index (χ1n) is 7.38. The van der Waals surface area contributed by atoms with Gasteiger partial charge in [-0.3, -0.25) is 0 Å². The standard InChI is InChI=1S/C17H24O/c1-10-4-13-9-14-5-11(2)7-16(14)17(8-12(3)18)15(13)6-10/h9-12,18H,4-8H2,1-3H3. The number of hydrogen-bond donors (Lipinski definition) is 1. The molecule has 0 saturated carbocycles. The Hall–Kier alpha value is -0.820. The van der Waals surface area contributed by atoms with Gasteiger partial charge in [-0.2, -0.15) is 0 Å². The molecule has 2 aliphatic carbocycles. The van der Waals surface area contributed by atoms with Crippen LogP contribution in [0.25, 0.3) is 0 Å². The van der Waals surface area contributed by atoms with Gasteiger partial charge < -0.3 is 5.11 Å². The third-order valence-corrected chi connectivity index (χ3v) is 4.59. The molecule has 2 aliphatic rings. The number of aliphatic hydroxyl groups is 1. The van der Waals surface area contributed by atoms with E-state index in [2.05, 4.69) is 19.9 Å². The van der Waals surface area contributed by atoms with Crippen LogP contribution >= 0.6 is 0 Å². The molecule has 1 heteroatoms. The molecule has 0 fully saturated rings. The Kier molecular flexibility index (Phi) is 2.97. The fourth-order valence-corrected chi connectivity index (χ4v) is 3.96. The third kappa shape index (κ3) is 1.99. The summed E-state index contributed by atoms with van der Waals surface area (Å²) in [5, 5.41) is 9.80. The first-order chi connectivity index (χ1) is 8.54. The van der Waals surface area contributed by atoms with E-state index in [1.807, 2.05) is 6.92 Å². The number of aliphatic hydroxyl groups excluding tert-OH is 1. The highest BCUT2D eigenvalue weighted by molar-refractivity contribution is 5.51. The van der Waals surface area contributed by atoms with Gasteiger partial charge in [0.15, 0.2) is 0 Å². The molecule has 0 bridgehead atoms. The van der Waals surface area contributed by atoms with E-state index < -0.39 is 0 Å². The average Bonchev–Trinajstić information content (AvgIpc) is 2.79. The molecule has 1 aromatic rings. The van der Waals surface area contributed by atoms with Crippen LogP contribution in [0.4, 0.5) is 0 Å². The van der Waals surface area contributed by atoms with Crippen LogP contribution in [-0.2, 0) is 32.1 Å². The molecule has 1 nitrogen and oxygen atoms in total. The Labute approximate surface area is 110 Å². The maximum atomic E-state index is 9.80. The summed E-state index contributed by atoms with van der Waals surface area (Å²) in [5.74, 6) is 1.57. The normalized spacial score (nSPS) is 27.1. The van der Waals surface area contributed by atoms with E-state index in [0.29, 0.717) is 0 Å². The van der Waals surface area contributed by atoms with Gasteiger partial charge in [0.1, 0.15) is 0 Å². The van der Waals surface area contributed by atoms with E-state index in [4.69, 9.17) is 0 Å². The maximum Gasteiger partial charge on any atom is 0.0552 e. The zero-order valence-corrected chi connectivity index (χ0v) is 11.8. The van der Waals surface area contributed by atoms with Crippen LogP contribution in [0.1, 0.15) is 48.6 Å². The predicted octanol–water partition coefficient (Wildman–Crippen LogP) is 3.08. The maximum absolute atomic E-state index is 9.80. The largest absolute Gasteiger partial charge is 0.393 e. The van der Waals surface area contributed by atoms with E-state index in [1.54, 1.807) is 22.3 Å². The highest BCUT2D eigenvalue weighted by Crippen LogP contribution is 2.38. The molecule has 3 atom stereocenters. The van der Waals surface area contributed by atoms with E-state index in [0.717, 1.165) is 18.3 Å². The number of fused-ring (bicyclic) bond motifs is 2. The minimum Gasteiger partial charge on any atom is -0.393 e. The Morgan fingerprint density at radius 3 is 2.00 bits per heavy atom. The average molecular weight is 244 g/mol. The molecule has 18 heavy (non-hydrogen) atoms. The zero-order chi connectivity index (χ0) is 12.9. The van der Waals surface area contributed by atoms with E-state index in [9.17, 15) is 5.11 Å². The van der Waals surface area contributed by atoms with Crippen molar-refractivity contribution in [1.29, 1.82) is 0 Å². The number of rotatable bonds is 2. The van der Waals surface area contributed by atoms with Gasteiger partial charge in [-0.05, 0) is 78.7 Å². The van der Waals surface area contributed by atoms with E-state index in [1.165, 1.54) is 31.2 Å². The Bertz CT molecular complexity index is 437. The molecule has 3 rings (SSSR count). The van der Waals surface area contributed by atoms with E-state index in [-0.39, 0.29) is 6.10 Å². The van der Waals surface area contributed by atoms with Gasteiger partial charge in [-0.15, -0.1) is 0 Å². The van der Waals surface area contributed by atoms with Crippen LogP contribution in [-0.4, -0.2) is 11.2 Å². The van der Waals surface area contributed by atoms with Crippen molar-refractivity contribution in [3.8, 4) is 0 Å². The fourth-order valence-electron chi connectivity index (χ4n) is 3.96. The summed E-state index contributed by atoms with van der Waals surface area (Å²) in [6.45, 7) is 6.61. The third-order valence-electron chi connectivity index (χ3n) is 4.59. The predicted molar refractivity (Wildman–Crippen MR) is 75.0 cm³/mol. The zero-order valence-electron chi connectivity index (χ0n) is 11.8. The summed E-state index contributed by atoms with van der Waals surface area (Å²) in [6, 6.07) is 2.48. The first kappa shape index (κ1) is 12.2.